The molecule has 0 spiro atoms. The van der Waals surface area contributed by atoms with Crippen molar-refractivity contribution in [2.45, 2.75) is 6.04 Å². The molecule has 0 saturated carbocycles. The summed E-state index contributed by atoms with van der Waals surface area (Å²) in [7, 11) is -2.40. The summed E-state index contributed by atoms with van der Waals surface area (Å²) in [6.07, 6.45) is 5.51. The average molecular weight is 356 g/mol. The van der Waals surface area contributed by atoms with Gasteiger partial charge in [0.1, 0.15) is 5.75 Å². The van der Waals surface area contributed by atoms with Gasteiger partial charge >= 0.3 is 6.09 Å². The zero-order chi connectivity index (χ0) is 14.5. The van der Waals surface area contributed by atoms with Gasteiger partial charge in [-0.2, -0.15) is 8.42 Å². The molecular formula is C13H10BrNO4S. The highest BCUT2D eigenvalue weighted by Crippen LogP contribution is 2.16. The summed E-state index contributed by atoms with van der Waals surface area (Å²) in [6.45, 7) is 0. The smallest absolute Gasteiger partial charge is 0.410 e. The molecular weight excluding hydrogens is 346 g/mol. The SMILES string of the molecule is O=C(NC1C=CC=CC1=S(=O)=O)Oc1ccc(Br)cc1. The van der Waals surface area contributed by atoms with Crippen LogP contribution < -0.4 is 10.1 Å². The first-order valence-electron chi connectivity index (χ1n) is 5.61. The van der Waals surface area contributed by atoms with Crippen LogP contribution in [-0.4, -0.2) is 25.4 Å². The number of carbonyl (C=O) groups is 1. The number of hydrogen-bond donors (Lipinski definition) is 1. The van der Waals surface area contributed by atoms with Crippen LogP contribution in [0.2, 0.25) is 0 Å². The molecule has 0 saturated heterocycles. The molecule has 0 bridgehead atoms. The fourth-order valence-corrected chi connectivity index (χ4v) is 2.37. The standard InChI is InChI=1S/C13H10BrNO4S/c14-9-5-7-10(8-6-9)19-13(16)15-11-3-1-2-4-12(11)20(17)18/h1-8,11H,(H,15,16). The molecule has 1 N–H and O–H groups in total. The predicted molar refractivity (Wildman–Crippen MR) is 79.3 cm³/mol. The lowest BCUT2D eigenvalue weighted by atomic mass is 10.1. The van der Waals surface area contributed by atoms with Crippen LogP contribution in [0.15, 0.2) is 53.0 Å². The minimum atomic E-state index is -2.40. The van der Waals surface area contributed by atoms with Crippen molar-refractivity contribution < 1.29 is 17.9 Å². The average Bonchev–Trinajstić information content (AvgIpc) is 2.41. The Bertz CT molecular complexity index is 696. The number of allylic oxidation sites excluding steroid dienone is 2. The summed E-state index contributed by atoms with van der Waals surface area (Å²) in [5, 5.41) is 2.47. The van der Waals surface area contributed by atoms with Crippen LogP contribution in [0.5, 0.6) is 5.75 Å². The van der Waals surface area contributed by atoms with Crippen molar-refractivity contribution in [3.05, 3.63) is 53.0 Å². The number of rotatable bonds is 2. The van der Waals surface area contributed by atoms with Crippen molar-refractivity contribution in [3.8, 4) is 5.75 Å². The van der Waals surface area contributed by atoms with E-state index in [4.69, 9.17) is 4.74 Å². The molecule has 0 fully saturated rings. The molecule has 0 aromatic heterocycles. The first kappa shape index (κ1) is 14.5. The van der Waals surface area contributed by atoms with E-state index in [0.717, 1.165) is 4.47 Å². The third-order valence-electron chi connectivity index (χ3n) is 2.47. The summed E-state index contributed by atoms with van der Waals surface area (Å²) in [6, 6.07) is 5.99. The van der Waals surface area contributed by atoms with Gasteiger partial charge in [0, 0.05) is 4.47 Å². The third-order valence-corrected chi connectivity index (χ3v) is 3.78. The summed E-state index contributed by atoms with van der Waals surface area (Å²) in [5.41, 5.74) is 0. The highest BCUT2D eigenvalue weighted by atomic mass is 79.9. The van der Waals surface area contributed by atoms with E-state index in [9.17, 15) is 13.2 Å². The Morgan fingerprint density at radius 2 is 1.90 bits per heavy atom. The molecule has 0 radical (unpaired) electrons. The molecule has 104 valence electrons. The van der Waals surface area contributed by atoms with Gasteiger partial charge in [-0.15, -0.1) is 0 Å². The van der Waals surface area contributed by atoms with Crippen molar-refractivity contribution in [3.63, 3.8) is 0 Å². The summed E-state index contributed by atoms with van der Waals surface area (Å²) in [5.74, 6) is 0.367. The van der Waals surface area contributed by atoms with Crippen LogP contribution in [0.4, 0.5) is 4.79 Å². The molecule has 1 aromatic carbocycles. The van der Waals surface area contributed by atoms with Crippen LogP contribution >= 0.6 is 15.9 Å². The van der Waals surface area contributed by atoms with Gasteiger partial charge in [-0.05, 0) is 30.3 Å². The molecule has 7 heteroatoms. The maximum Gasteiger partial charge on any atom is 0.413 e. The Morgan fingerprint density at radius 3 is 2.55 bits per heavy atom. The topological polar surface area (TPSA) is 72.5 Å². The predicted octanol–water partition coefficient (Wildman–Crippen LogP) is 2.08. The van der Waals surface area contributed by atoms with E-state index in [1.54, 1.807) is 42.5 Å². The van der Waals surface area contributed by atoms with Gasteiger partial charge in [-0.1, -0.05) is 34.2 Å². The van der Waals surface area contributed by atoms with Gasteiger partial charge in [0.15, 0.2) is 0 Å². The molecule has 1 amide bonds. The van der Waals surface area contributed by atoms with Crippen molar-refractivity contribution in [1.29, 1.82) is 0 Å². The lowest BCUT2D eigenvalue weighted by Crippen LogP contribution is -2.41. The van der Waals surface area contributed by atoms with E-state index in [2.05, 4.69) is 21.2 Å². The van der Waals surface area contributed by atoms with Crippen molar-refractivity contribution in [2.75, 3.05) is 0 Å². The zero-order valence-corrected chi connectivity index (χ0v) is 12.5. The highest BCUT2D eigenvalue weighted by Gasteiger charge is 2.18. The first-order valence-corrected chi connectivity index (χ1v) is 7.48. The van der Waals surface area contributed by atoms with Crippen LogP contribution in [0.1, 0.15) is 0 Å². The maximum atomic E-state index is 11.7. The van der Waals surface area contributed by atoms with E-state index in [-0.39, 0.29) is 4.86 Å². The number of benzene rings is 1. The van der Waals surface area contributed by atoms with Gasteiger partial charge in [0.05, 0.1) is 10.9 Å². The number of hydrogen-bond acceptors (Lipinski definition) is 4. The lowest BCUT2D eigenvalue weighted by molar-refractivity contribution is 0.200. The van der Waals surface area contributed by atoms with Gasteiger partial charge in [-0.3, -0.25) is 0 Å². The Labute approximate surface area is 125 Å². The molecule has 1 atom stereocenters. The van der Waals surface area contributed by atoms with Crippen LogP contribution in [-0.2, 0) is 10.3 Å². The zero-order valence-electron chi connectivity index (χ0n) is 10.1. The third kappa shape index (κ3) is 3.82. The molecule has 2 rings (SSSR count). The molecule has 1 aromatic rings. The number of halogens is 1. The molecule has 1 unspecified atom stereocenters. The van der Waals surface area contributed by atoms with E-state index in [0.29, 0.717) is 5.75 Å². The Morgan fingerprint density at radius 1 is 1.20 bits per heavy atom. The molecule has 1 aliphatic rings. The minimum absolute atomic E-state index is 0.0836. The van der Waals surface area contributed by atoms with Gasteiger partial charge in [0.25, 0.3) is 0 Å². The number of ether oxygens (including phenoxy) is 1. The Hall–Kier alpha value is -1.86. The molecule has 1 aliphatic carbocycles. The molecule has 20 heavy (non-hydrogen) atoms. The van der Waals surface area contributed by atoms with Crippen LogP contribution in [0, 0.1) is 0 Å². The second-order valence-corrected chi connectivity index (χ2v) is 5.70. The quantitative estimate of drug-likeness (QED) is 0.824. The molecule has 5 nitrogen and oxygen atoms in total. The fraction of sp³-hybridized carbons (Fsp3) is 0.0769. The van der Waals surface area contributed by atoms with Crippen molar-refractivity contribution in [1.82, 2.24) is 5.32 Å². The van der Waals surface area contributed by atoms with Gasteiger partial charge in [0.2, 0.25) is 10.3 Å². The van der Waals surface area contributed by atoms with E-state index in [1.807, 2.05) is 0 Å². The largest absolute Gasteiger partial charge is 0.413 e. The molecule has 0 heterocycles. The van der Waals surface area contributed by atoms with Gasteiger partial charge in [-0.25, -0.2) is 4.79 Å². The Balaban J connectivity index is 2.05. The maximum absolute atomic E-state index is 11.7. The summed E-state index contributed by atoms with van der Waals surface area (Å²) in [4.78, 5) is 11.8. The number of nitrogens with one attached hydrogen (secondary N) is 1. The minimum Gasteiger partial charge on any atom is -0.410 e. The Kier molecular flexibility index (Phi) is 4.75. The van der Waals surface area contributed by atoms with Gasteiger partial charge < -0.3 is 10.1 Å². The monoisotopic (exact) mass is 355 g/mol. The van der Waals surface area contributed by atoms with Crippen LogP contribution in [0.3, 0.4) is 0 Å². The summed E-state index contributed by atoms with van der Waals surface area (Å²) >= 11 is 3.27. The van der Waals surface area contributed by atoms with Crippen LogP contribution in [0.25, 0.3) is 0 Å². The summed E-state index contributed by atoms with van der Waals surface area (Å²) < 4.78 is 28.0. The second-order valence-electron chi connectivity index (χ2n) is 3.85. The number of amides is 1. The van der Waals surface area contributed by atoms with E-state index in [1.165, 1.54) is 6.08 Å². The van der Waals surface area contributed by atoms with Crippen molar-refractivity contribution >= 4 is 37.2 Å². The normalized spacial score (nSPS) is 16.9. The lowest BCUT2D eigenvalue weighted by Gasteiger charge is -2.15. The van der Waals surface area contributed by atoms with E-state index < -0.39 is 22.4 Å². The highest BCUT2D eigenvalue weighted by molar-refractivity contribution is 9.10. The van der Waals surface area contributed by atoms with Crippen molar-refractivity contribution in [2.24, 2.45) is 0 Å². The van der Waals surface area contributed by atoms with E-state index >= 15 is 0 Å². The molecule has 0 aliphatic heterocycles. The first-order chi connectivity index (χ1) is 9.56. The number of carbonyl (C=O) groups excluding carboxylic acids is 1. The fourth-order valence-electron chi connectivity index (χ4n) is 1.57. The second kappa shape index (κ2) is 6.53.